The van der Waals surface area contributed by atoms with E-state index >= 15 is 0 Å². The van der Waals surface area contributed by atoms with Crippen molar-refractivity contribution in [2.75, 3.05) is 39.4 Å². The Morgan fingerprint density at radius 2 is 1.48 bits per heavy atom. The number of rotatable bonds is 13. The quantitative estimate of drug-likeness (QED) is 0.196. The Kier molecular flexibility index (Phi) is 12.6. The minimum absolute atomic E-state index is 0. The van der Waals surface area contributed by atoms with Gasteiger partial charge >= 0.3 is 0 Å². The standard InChI is InChI=1S/C32H41Cl2N2O4S.BrH/c1-5-36(6-2,23-27-18-24(3)17-25(4)19-27)14-8-7-13-35(41(37,38)28-10-11-29(33)30(34)21-28)22-26-9-12-31-32(20-26)40-16-15-39-31;/h9-12,17-21H,5-8,13-16,22-23H2,1-4H3;1H/q+1;/p-1. The highest BCUT2D eigenvalue weighted by molar-refractivity contribution is 7.89. The maximum atomic E-state index is 13.9. The zero-order chi connectivity index (χ0) is 29.6. The third-order valence-corrected chi connectivity index (χ3v) is 10.5. The molecule has 0 radical (unpaired) electrons. The molecule has 0 bridgehead atoms. The van der Waals surface area contributed by atoms with Gasteiger partial charge in [0, 0.05) is 18.7 Å². The lowest BCUT2D eigenvalue weighted by Gasteiger charge is -2.37. The van der Waals surface area contributed by atoms with Crippen molar-refractivity contribution in [1.29, 1.82) is 0 Å². The van der Waals surface area contributed by atoms with Crippen LogP contribution in [0, 0.1) is 13.8 Å². The van der Waals surface area contributed by atoms with E-state index in [1.165, 1.54) is 39.2 Å². The second-order valence-electron chi connectivity index (χ2n) is 11.0. The van der Waals surface area contributed by atoms with Gasteiger partial charge in [-0.05, 0) is 76.4 Å². The number of ether oxygens (including phenoxy) is 2. The molecule has 3 aromatic rings. The Morgan fingerprint density at radius 3 is 2.12 bits per heavy atom. The maximum absolute atomic E-state index is 13.9. The summed E-state index contributed by atoms with van der Waals surface area (Å²) in [5.41, 5.74) is 4.76. The first-order valence-electron chi connectivity index (χ1n) is 14.3. The number of hydrogen-bond donors (Lipinski definition) is 0. The Bertz CT molecular complexity index is 1440. The van der Waals surface area contributed by atoms with E-state index in [-0.39, 0.29) is 33.4 Å². The van der Waals surface area contributed by atoms with Crippen LogP contribution in [0.25, 0.3) is 0 Å². The van der Waals surface area contributed by atoms with E-state index in [2.05, 4.69) is 45.9 Å². The molecule has 0 aliphatic carbocycles. The minimum Gasteiger partial charge on any atom is -1.00 e. The average Bonchev–Trinajstić information content (AvgIpc) is 2.94. The van der Waals surface area contributed by atoms with Crippen LogP contribution in [0.5, 0.6) is 11.5 Å². The van der Waals surface area contributed by atoms with Crippen LogP contribution in [0.3, 0.4) is 0 Å². The van der Waals surface area contributed by atoms with Crippen LogP contribution in [-0.2, 0) is 23.1 Å². The summed E-state index contributed by atoms with van der Waals surface area (Å²) in [7, 11) is -3.83. The Morgan fingerprint density at radius 1 is 0.810 bits per heavy atom. The van der Waals surface area contributed by atoms with Gasteiger partial charge in [0.1, 0.15) is 19.8 Å². The largest absolute Gasteiger partial charge is 1.00 e. The number of aryl methyl sites for hydroxylation is 2. The number of sulfonamides is 1. The lowest BCUT2D eigenvalue weighted by atomic mass is 10.1. The Hall–Kier alpha value is -1.81. The monoisotopic (exact) mass is 698 g/mol. The zero-order valence-corrected chi connectivity index (χ0v) is 28.8. The van der Waals surface area contributed by atoms with Gasteiger partial charge in [0.25, 0.3) is 0 Å². The molecule has 0 aromatic heterocycles. The van der Waals surface area contributed by atoms with Crippen LogP contribution in [0.1, 0.15) is 48.9 Å². The van der Waals surface area contributed by atoms with Crippen molar-refractivity contribution in [2.45, 2.75) is 58.5 Å². The second-order valence-corrected chi connectivity index (χ2v) is 13.7. The van der Waals surface area contributed by atoms with Crippen molar-refractivity contribution >= 4 is 33.2 Å². The summed E-state index contributed by atoms with van der Waals surface area (Å²) in [5, 5.41) is 0.535. The van der Waals surface area contributed by atoms with Crippen LogP contribution in [0.4, 0.5) is 0 Å². The van der Waals surface area contributed by atoms with Crippen molar-refractivity contribution in [2.24, 2.45) is 0 Å². The lowest BCUT2D eigenvalue weighted by molar-refractivity contribution is -0.938. The number of hydrogen-bond acceptors (Lipinski definition) is 4. The van der Waals surface area contributed by atoms with Gasteiger partial charge in [0.15, 0.2) is 11.5 Å². The number of halogens is 3. The fraction of sp³-hybridized carbons (Fsp3) is 0.438. The topological polar surface area (TPSA) is 55.8 Å². The maximum Gasteiger partial charge on any atom is 0.243 e. The van der Waals surface area contributed by atoms with Crippen LogP contribution < -0.4 is 26.5 Å². The Labute approximate surface area is 271 Å². The van der Waals surface area contributed by atoms with E-state index in [4.69, 9.17) is 32.7 Å². The molecule has 0 spiro atoms. The normalized spacial score (nSPS) is 13.2. The summed E-state index contributed by atoms with van der Waals surface area (Å²) in [6.07, 6.45) is 1.64. The second kappa shape index (κ2) is 15.3. The van der Waals surface area contributed by atoms with Gasteiger partial charge in [0.05, 0.1) is 34.6 Å². The van der Waals surface area contributed by atoms with Crippen molar-refractivity contribution in [3.05, 3.63) is 86.9 Å². The minimum atomic E-state index is -3.83. The van der Waals surface area contributed by atoms with Gasteiger partial charge in [-0.2, -0.15) is 4.31 Å². The molecule has 10 heteroatoms. The van der Waals surface area contributed by atoms with Crippen LogP contribution >= 0.6 is 23.2 Å². The zero-order valence-electron chi connectivity index (χ0n) is 24.8. The predicted molar refractivity (Wildman–Crippen MR) is 167 cm³/mol. The van der Waals surface area contributed by atoms with Crippen LogP contribution in [0.15, 0.2) is 59.5 Å². The number of fused-ring (bicyclic) bond motifs is 1. The molecular formula is C32H41BrCl2N2O4S. The Balaban J connectivity index is 0.00000484. The van der Waals surface area contributed by atoms with Crippen LogP contribution in [-0.4, -0.2) is 56.6 Å². The molecule has 0 unspecified atom stereocenters. The summed E-state index contributed by atoms with van der Waals surface area (Å²) in [4.78, 5) is 0.131. The van der Waals surface area contributed by atoms with Crippen molar-refractivity contribution in [3.8, 4) is 11.5 Å². The van der Waals surface area contributed by atoms with E-state index in [9.17, 15) is 8.42 Å². The smallest absolute Gasteiger partial charge is 0.243 e. The fourth-order valence-corrected chi connectivity index (χ4v) is 7.44. The third kappa shape index (κ3) is 8.64. The molecule has 0 saturated carbocycles. The molecule has 1 aliphatic rings. The highest BCUT2D eigenvalue weighted by Crippen LogP contribution is 2.32. The summed E-state index contributed by atoms with van der Waals surface area (Å²) in [6.45, 7) is 14.3. The first-order chi connectivity index (χ1) is 19.5. The van der Waals surface area contributed by atoms with E-state index < -0.39 is 10.0 Å². The first-order valence-corrected chi connectivity index (χ1v) is 16.5. The van der Waals surface area contributed by atoms with E-state index in [1.807, 2.05) is 18.2 Å². The number of nitrogens with zero attached hydrogens (tertiary/aromatic N) is 2. The van der Waals surface area contributed by atoms with Gasteiger partial charge in [-0.15, -0.1) is 0 Å². The average molecular weight is 701 g/mol. The highest BCUT2D eigenvalue weighted by Gasteiger charge is 2.28. The van der Waals surface area contributed by atoms with Crippen molar-refractivity contribution < 1.29 is 39.4 Å². The van der Waals surface area contributed by atoms with E-state index in [1.54, 1.807) is 0 Å². The number of unbranched alkanes of at least 4 members (excludes halogenated alkanes) is 1. The number of benzene rings is 3. The molecule has 1 aliphatic heterocycles. The molecule has 0 saturated heterocycles. The molecular weight excluding hydrogens is 659 g/mol. The SMILES string of the molecule is CC[N+](CC)(CCCCN(Cc1ccc2c(c1)OCCO2)S(=O)(=O)c1ccc(Cl)c(Cl)c1)Cc1cc(C)cc(C)c1.[Br-]. The molecule has 0 atom stereocenters. The first kappa shape index (κ1) is 34.7. The molecule has 0 amide bonds. The highest BCUT2D eigenvalue weighted by atomic mass is 79.9. The van der Waals surface area contributed by atoms with Gasteiger partial charge in [-0.25, -0.2) is 8.42 Å². The molecule has 1 heterocycles. The molecule has 6 nitrogen and oxygen atoms in total. The summed E-state index contributed by atoms with van der Waals surface area (Å²) in [6, 6.07) is 16.8. The summed E-state index contributed by atoms with van der Waals surface area (Å²) < 4.78 is 41.6. The molecule has 42 heavy (non-hydrogen) atoms. The summed E-state index contributed by atoms with van der Waals surface area (Å²) in [5.74, 6) is 1.32. The molecule has 230 valence electrons. The predicted octanol–water partition coefficient (Wildman–Crippen LogP) is 4.41. The van der Waals surface area contributed by atoms with E-state index in [0.29, 0.717) is 36.3 Å². The van der Waals surface area contributed by atoms with E-state index in [0.717, 1.165) is 49.1 Å². The summed E-state index contributed by atoms with van der Waals surface area (Å²) >= 11 is 12.3. The van der Waals surface area contributed by atoms with Gasteiger partial charge in [-0.1, -0.05) is 58.6 Å². The van der Waals surface area contributed by atoms with Crippen molar-refractivity contribution in [1.82, 2.24) is 4.31 Å². The lowest BCUT2D eigenvalue weighted by Crippen LogP contribution is -3.00. The van der Waals surface area contributed by atoms with Crippen molar-refractivity contribution in [3.63, 3.8) is 0 Å². The molecule has 0 fully saturated rings. The van der Waals surface area contributed by atoms with Gasteiger partial charge in [0.2, 0.25) is 10.0 Å². The number of quaternary nitrogens is 1. The van der Waals surface area contributed by atoms with Gasteiger partial charge in [-0.3, -0.25) is 0 Å². The molecule has 4 rings (SSSR count). The van der Waals surface area contributed by atoms with Gasteiger partial charge < -0.3 is 30.9 Å². The molecule has 3 aromatic carbocycles. The third-order valence-electron chi connectivity index (χ3n) is 7.93. The fourth-order valence-electron chi connectivity index (χ4n) is 5.59. The molecule has 0 N–H and O–H groups in total. The van der Waals surface area contributed by atoms with Crippen LogP contribution in [0.2, 0.25) is 10.0 Å².